The molecule has 5 nitrogen and oxygen atoms in total. The summed E-state index contributed by atoms with van der Waals surface area (Å²) >= 11 is 0. The second kappa shape index (κ2) is 5.16. The number of nitrogens with one attached hydrogen (secondary N) is 1. The number of rotatable bonds is 4. The second-order valence-corrected chi connectivity index (χ2v) is 6.31. The second-order valence-electron chi connectivity index (χ2n) is 4.48. The molecule has 1 aromatic rings. The first kappa shape index (κ1) is 13.2. The van der Waals surface area contributed by atoms with Crippen molar-refractivity contribution in [2.45, 2.75) is 6.42 Å². The highest BCUT2D eigenvalue weighted by molar-refractivity contribution is 7.88. The Morgan fingerprint density at radius 3 is 2.94 bits per heavy atom. The van der Waals surface area contributed by atoms with E-state index in [1.54, 1.807) is 7.11 Å². The lowest BCUT2D eigenvalue weighted by Crippen LogP contribution is -2.34. The van der Waals surface area contributed by atoms with Crippen LogP contribution >= 0.6 is 0 Å². The highest BCUT2D eigenvalue weighted by Crippen LogP contribution is 2.30. The van der Waals surface area contributed by atoms with Gasteiger partial charge in [0.25, 0.3) is 0 Å². The van der Waals surface area contributed by atoms with E-state index in [1.165, 1.54) is 0 Å². The molecule has 1 aliphatic rings. The van der Waals surface area contributed by atoms with Gasteiger partial charge in [-0.25, -0.2) is 13.1 Å². The molecule has 2 rings (SSSR count). The van der Waals surface area contributed by atoms with Crippen LogP contribution in [0.5, 0.6) is 11.5 Å². The Balaban J connectivity index is 2.02. The number of sulfonamides is 1. The van der Waals surface area contributed by atoms with Crippen LogP contribution in [0.1, 0.15) is 5.56 Å². The molecular weight excluding hydrogens is 254 g/mol. The highest BCUT2D eigenvalue weighted by Gasteiger charge is 2.21. The van der Waals surface area contributed by atoms with Gasteiger partial charge >= 0.3 is 0 Å². The smallest absolute Gasteiger partial charge is 0.208 e. The Morgan fingerprint density at radius 1 is 1.50 bits per heavy atom. The van der Waals surface area contributed by atoms with Gasteiger partial charge in [-0.1, -0.05) is 6.07 Å². The third-order valence-corrected chi connectivity index (χ3v) is 3.58. The van der Waals surface area contributed by atoms with E-state index in [0.29, 0.717) is 13.2 Å². The van der Waals surface area contributed by atoms with E-state index in [1.807, 2.05) is 18.2 Å². The first-order chi connectivity index (χ1) is 8.48. The standard InChI is InChI=1S/C12H17NO4S/c1-16-11-4-3-10-5-9(7-13-18(2,14)15)8-17-12(10)6-11/h3-4,6,9,13H,5,7-8H2,1-2H3/t9-/m0/s1. The predicted octanol–water partition coefficient (Wildman–Crippen LogP) is 0.795. The van der Waals surface area contributed by atoms with E-state index in [-0.39, 0.29) is 5.92 Å². The maximum atomic E-state index is 11.0. The molecule has 1 aromatic carbocycles. The van der Waals surface area contributed by atoms with Crippen LogP contribution in [0.2, 0.25) is 0 Å². The average molecular weight is 271 g/mol. The number of benzene rings is 1. The van der Waals surface area contributed by atoms with Crippen LogP contribution in [-0.2, 0) is 16.4 Å². The summed E-state index contributed by atoms with van der Waals surface area (Å²) in [4.78, 5) is 0. The molecule has 0 bridgehead atoms. The molecule has 0 saturated heterocycles. The molecule has 1 N–H and O–H groups in total. The van der Waals surface area contributed by atoms with E-state index in [4.69, 9.17) is 9.47 Å². The Labute approximate surface area is 107 Å². The number of hydrogen-bond acceptors (Lipinski definition) is 4. The minimum Gasteiger partial charge on any atom is -0.497 e. The van der Waals surface area contributed by atoms with Gasteiger partial charge in [0.15, 0.2) is 0 Å². The molecule has 0 radical (unpaired) electrons. The van der Waals surface area contributed by atoms with Crippen molar-refractivity contribution in [1.82, 2.24) is 4.72 Å². The first-order valence-electron chi connectivity index (χ1n) is 5.72. The maximum absolute atomic E-state index is 11.0. The van der Waals surface area contributed by atoms with Gasteiger partial charge in [0.1, 0.15) is 11.5 Å². The molecular formula is C12H17NO4S. The van der Waals surface area contributed by atoms with Crippen LogP contribution in [0.3, 0.4) is 0 Å². The van der Waals surface area contributed by atoms with Gasteiger partial charge in [-0.2, -0.15) is 0 Å². The van der Waals surface area contributed by atoms with E-state index in [0.717, 1.165) is 29.7 Å². The van der Waals surface area contributed by atoms with Gasteiger partial charge in [0.05, 0.1) is 20.0 Å². The lowest BCUT2D eigenvalue weighted by molar-refractivity contribution is 0.222. The van der Waals surface area contributed by atoms with Crippen molar-refractivity contribution in [2.75, 3.05) is 26.5 Å². The largest absolute Gasteiger partial charge is 0.497 e. The SMILES string of the molecule is COc1ccc2c(c1)OC[C@H](CNS(C)(=O)=O)C2. The molecule has 0 saturated carbocycles. The molecule has 0 amide bonds. The monoisotopic (exact) mass is 271 g/mol. The fourth-order valence-corrected chi connectivity index (χ4v) is 2.48. The molecule has 100 valence electrons. The van der Waals surface area contributed by atoms with Gasteiger partial charge < -0.3 is 9.47 Å². The summed E-state index contributed by atoms with van der Waals surface area (Å²) in [6, 6.07) is 5.70. The van der Waals surface area contributed by atoms with Crippen LogP contribution in [0.4, 0.5) is 0 Å². The summed E-state index contributed by atoms with van der Waals surface area (Å²) in [7, 11) is -1.52. The van der Waals surface area contributed by atoms with Gasteiger partial charge in [0.2, 0.25) is 10.0 Å². The Hall–Kier alpha value is -1.27. The van der Waals surface area contributed by atoms with Crippen molar-refractivity contribution in [3.8, 4) is 11.5 Å². The summed E-state index contributed by atoms with van der Waals surface area (Å²) in [5.41, 5.74) is 1.09. The van der Waals surface area contributed by atoms with E-state index in [2.05, 4.69) is 4.72 Å². The van der Waals surface area contributed by atoms with Crippen LogP contribution in [0.15, 0.2) is 18.2 Å². The molecule has 0 unspecified atom stereocenters. The van der Waals surface area contributed by atoms with Gasteiger partial charge in [-0.05, 0) is 18.1 Å². The molecule has 0 fully saturated rings. The number of fused-ring (bicyclic) bond motifs is 1. The van der Waals surface area contributed by atoms with Crippen LogP contribution < -0.4 is 14.2 Å². The Bertz CT molecular complexity index is 527. The van der Waals surface area contributed by atoms with E-state index in [9.17, 15) is 8.42 Å². The minimum atomic E-state index is -3.14. The fraction of sp³-hybridized carbons (Fsp3) is 0.500. The van der Waals surface area contributed by atoms with Crippen LogP contribution in [0, 0.1) is 5.92 Å². The summed E-state index contributed by atoms with van der Waals surface area (Å²) in [5.74, 6) is 1.76. The normalized spacial score (nSPS) is 18.9. The van der Waals surface area contributed by atoms with E-state index < -0.39 is 10.0 Å². The molecule has 6 heteroatoms. The lowest BCUT2D eigenvalue weighted by atomic mass is 9.97. The number of methoxy groups -OCH3 is 1. The summed E-state index contributed by atoms with van der Waals surface area (Å²) < 4.78 is 35.3. The molecule has 0 aromatic heterocycles. The number of hydrogen-bond donors (Lipinski definition) is 1. The maximum Gasteiger partial charge on any atom is 0.208 e. The molecule has 1 atom stereocenters. The zero-order valence-electron chi connectivity index (χ0n) is 10.5. The van der Waals surface area contributed by atoms with Crippen molar-refractivity contribution in [3.05, 3.63) is 23.8 Å². The molecule has 0 spiro atoms. The fourth-order valence-electron chi connectivity index (χ4n) is 1.94. The van der Waals surface area contributed by atoms with Crippen LogP contribution in [-0.4, -0.2) is 34.9 Å². The van der Waals surface area contributed by atoms with Crippen molar-refractivity contribution in [1.29, 1.82) is 0 Å². The third-order valence-electron chi connectivity index (χ3n) is 2.89. The summed E-state index contributed by atoms with van der Waals surface area (Å²) in [6.07, 6.45) is 1.97. The first-order valence-corrected chi connectivity index (χ1v) is 7.61. The molecule has 18 heavy (non-hydrogen) atoms. The van der Waals surface area contributed by atoms with Gasteiger partial charge in [0, 0.05) is 18.5 Å². The molecule has 1 heterocycles. The Morgan fingerprint density at radius 2 is 2.28 bits per heavy atom. The van der Waals surface area contributed by atoms with Gasteiger partial charge in [-0.3, -0.25) is 0 Å². The van der Waals surface area contributed by atoms with Crippen molar-refractivity contribution < 1.29 is 17.9 Å². The van der Waals surface area contributed by atoms with Crippen molar-refractivity contribution >= 4 is 10.0 Å². The Kier molecular flexibility index (Phi) is 3.77. The van der Waals surface area contributed by atoms with Crippen molar-refractivity contribution in [2.24, 2.45) is 5.92 Å². The summed E-state index contributed by atoms with van der Waals surface area (Å²) in [6.45, 7) is 0.924. The quantitative estimate of drug-likeness (QED) is 0.879. The highest BCUT2D eigenvalue weighted by atomic mass is 32.2. The van der Waals surface area contributed by atoms with E-state index >= 15 is 0 Å². The van der Waals surface area contributed by atoms with Crippen LogP contribution in [0.25, 0.3) is 0 Å². The lowest BCUT2D eigenvalue weighted by Gasteiger charge is -2.25. The topological polar surface area (TPSA) is 64.6 Å². The zero-order valence-corrected chi connectivity index (χ0v) is 11.3. The van der Waals surface area contributed by atoms with Crippen molar-refractivity contribution in [3.63, 3.8) is 0 Å². The predicted molar refractivity (Wildman–Crippen MR) is 68.5 cm³/mol. The minimum absolute atomic E-state index is 0.167. The average Bonchev–Trinajstić information content (AvgIpc) is 2.34. The summed E-state index contributed by atoms with van der Waals surface area (Å²) in [5, 5.41) is 0. The molecule has 1 aliphatic heterocycles. The zero-order chi connectivity index (χ0) is 13.2. The third kappa shape index (κ3) is 3.36. The molecule has 0 aliphatic carbocycles. The van der Waals surface area contributed by atoms with Gasteiger partial charge in [-0.15, -0.1) is 0 Å². The number of ether oxygens (including phenoxy) is 2.